The lowest BCUT2D eigenvalue weighted by Crippen LogP contribution is -1.99. The van der Waals surface area contributed by atoms with Crippen LogP contribution in [0.3, 0.4) is 0 Å². The summed E-state index contributed by atoms with van der Waals surface area (Å²) in [7, 11) is 0. The minimum Gasteiger partial charge on any atom is -0.505 e. The molecule has 0 heterocycles. The van der Waals surface area contributed by atoms with Crippen LogP contribution in [0.25, 0.3) is 0 Å². The number of unbranched alkanes of at least 4 members (excludes halogenated alkanes) is 3. The number of phenolic OH excluding ortho intramolecular Hbond substituents is 1. The van der Waals surface area contributed by atoms with Crippen molar-refractivity contribution in [1.82, 2.24) is 0 Å². The number of benzene rings is 1. The summed E-state index contributed by atoms with van der Waals surface area (Å²) in [6.45, 7) is 4.37. The van der Waals surface area contributed by atoms with E-state index in [9.17, 15) is 9.50 Å². The number of halogens is 1. The molecule has 0 aliphatic rings. The Balaban J connectivity index is 2.61. The smallest absolute Gasteiger partial charge is 0.165 e. The zero-order valence-corrected chi connectivity index (χ0v) is 11.6. The second kappa shape index (κ2) is 8.12. The van der Waals surface area contributed by atoms with E-state index in [1.165, 1.54) is 37.8 Å². The molecule has 0 amide bonds. The highest BCUT2D eigenvalue weighted by Crippen LogP contribution is 2.29. The molecule has 2 heteroatoms. The van der Waals surface area contributed by atoms with Crippen LogP contribution in [-0.4, -0.2) is 5.11 Å². The maximum Gasteiger partial charge on any atom is 0.165 e. The van der Waals surface area contributed by atoms with E-state index in [4.69, 9.17) is 0 Å². The van der Waals surface area contributed by atoms with Crippen molar-refractivity contribution < 1.29 is 9.50 Å². The highest BCUT2D eigenvalue weighted by molar-refractivity contribution is 5.30. The molecule has 0 aromatic heterocycles. The second-order valence-corrected chi connectivity index (χ2v) is 5.05. The lowest BCUT2D eigenvalue weighted by molar-refractivity contribution is 0.430. The second-order valence-electron chi connectivity index (χ2n) is 5.05. The normalized spacial score (nSPS) is 12.6. The zero-order valence-electron chi connectivity index (χ0n) is 11.6. The van der Waals surface area contributed by atoms with Crippen molar-refractivity contribution in [1.29, 1.82) is 0 Å². The zero-order chi connectivity index (χ0) is 13.4. The van der Waals surface area contributed by atoms with Crippen LogP contribution in [0.4, 0.5) is 4.39 Å². The van der Waals surface area contributed by atoms with Crippen molar-refractivity contribution in [2.45, 2.75) is 64.7 Å². The summed E-state index contributed by atoms with van der Waals surface area (Å²) in [5.41, 5.74) is 1.03. The van der Waals surface area contributed by atoms with Gasteiger partial charge in [0.25, 0.3) is 0 Å². The van der Waals surface area contributed by atoms with Crippen LogP contribution in [0.5, 0.6) is 5.75 Å². The molecule has 1 unspecified atom stereocenters. The van der Waals surface area contributed by atoms with Gasteiger partial charge in [0.05, 0.1) is 0 Å². The van der Waals surface area contributed by atoms with Crippen molar-refractivity contribution in [3.63, 3.8) is 0 Å². The molecule has 0 radical (unpaired) electrons. The number of hydrogen-bond donors (Lipinski definition) is 1. The van der Waals surface area contributed by atoms with Gasteiger partial charge in [0, 0.05) is 0 Å². The molecule has 1 N–H and O–H groups in total. The molecule has 1 aromatic rings. The minimum atomic E-state index is -0.498. The number of rotatable bonds is 8. The maximum absolute atomic E-state index is 13.4. The van der Waals surface area contributed by atoms with Crippen LogP contribution in [0, 0.1) is 5.82 Å². The van der Waals surface area contributed by atoms with Crippen molar-refractivity contribution in [2.75, 3.05) is 0 Å². The van der Waals surface area contributed by atoms with E-state index in [0.717, 1.165) is 24.8 Å². The SMILES string of the molecule is CCCCCCC(CCC)c1ccc(O)c(F)c1. The van der Waals surface area contributed by atoms with Crippen molar-refractivity contribution in [3.05, 3.63) is 29.6 Å². The van der Waals surface area contributed by atoms with Gasteiger partial charge in [0.15, 0.2) is 11.6 Å². The van der Waals surface area contributed by atoms with E-state index >= 15 is 0 Å². The summed E-state index contributed by atoms with van der Waals surface area (Å²) in [4.78, 5) is 0. The molecule has 1 aromatic carbocycles. The molecule has 0 aliphatic heterocycles. The summed E-state index contributed by atoms with van der Waals surface area (Å²) in [5.74, 6) is -0.316. The fraction of sp³-hybridized carbons (Fsp3) is 0.625. The van der Waals surface area contributed by atoms with Gasteiger partial charge in [-0.25, -0.2) is 4.39 Å². The van der Waals surface area contributed by atoms with Crippen molar-refractivity contribution >= 4 is 0 Å². The van der Waals surface area contributed by atoms with Crippen molar-refractivity contribution in [3.8, 4) is 5.75 Å². The largest absolute Gasteiger partial charge is 0.505 e. The molecule has 0 fully saturated rings. The molecule has 102 valence electrons. The van der Waals surface area contributed by atoms with Gasteiger partial charge >= 0.3 is 0 Å². The number of hydrogen-bond acceptors (Lipinski definition) is 1. The van der Waals surface area contributed by atoms with Crippen LogP contribution in [0.2, 0.25) is 0 Å². The van der Waals surface area contributed by atoms with Crippen LogP contribution >= 0.6 is 0 Å². The fourth-order valence-electron chi connectivity index (χ4n) is 2.42. The summed E-state index contributed by atoms with van der Waals surface area (Å²) in [5, 5.41) is 9.23. The Bertz CT molecular complexity index is 349. The minimum absolute atomic E-state index is 0.250. The number of aromatic hydroxyl groups is 1. The Labute approximate surface area is 110 Å². The summed E-state index contributed by atoms with van der Waals surface area (Å²) < 4.78 is 13.4. The Morgan fingerprint density at radius 3 is 2.44 bits per heavy atom. The quantitative estimate of drug-likeness (QED) is 0.615. The topological polar surface area (TPSA) is 20.2 Å². The lowest BCUT2D eigenvalue weighted by Gasteiger charge is -2.17. The molecule has 1 atom stereocenters. The first-order chi connectivity index (χ1) is 8.69. The average molecular weight is 252 g/mol. The van der Waals surface area contributed by atoms with Crippen LogP contribution in [0.15, 0.2) is 18.2 Å². The molecule has 18 heavy (non-hydrogen) atoms. The molecule has 0 saturated heterocycles. The van der Waals surface area contributed by atoms with Crippen LogP contribution in [0.1, 0.15) is 70.3 Å². The fourth-order valence-corrected chi connectivity index (χ4v) is 2.42. The maximum atomic E-state index is 13.4. The predicted molar refractivity (Wildman–Crippen MR) is 74.5 cm³/mol. The third-order valence-electron chi connectivity index (χ3n) is 3.49. The van der Waals surface area contributed by atoms with Gasteiger partial charge in [-0.15, -0.1) is 0 Å². The standard InChI is InChI=1S/C16H25FO/c1-3-5-6-7-9-13(8-4-2)14-10-11-16(18)15(17)12-14/h10-13,18H,3-9H2,1-2H3. The van der Waals surface area contributed by atoms with Gasteiger partial charge < -0.3 is 5.11 Å². The molecular weight excluding hydrogens is 227 g/mol. The third kappa shape index (κ3) is 4.67. The molecule has 0 aliphatic carbocycles. The molecule has 0 bridgehead atoms. The molecular formula is C16H25FO. The summed E-state index contributed by atoms with van der Waals surface area (Å²) >= 11 is 0. The first kappa shape index (κ1) is 15.0. The van der Waals surface area contributed by atoms with E-state index in [1.54, 1.807) is 0 Å². The Kier molecular flexibility index (Phi) is 6.77. The van der Waals surface area contributed by atoms with E-state index < -0.39 is 5.82 Å². The molecule has 0 saturated carbocycles. The van der Waals surface area contributed by atoms with Gasteiger partial charge in [0.2, 0.25) is 0 Å². The highest BCUT2D eigenvalue weighted by Gasteiger charge is 2.12. The lowest BCUT2D eigenvalue weighted by atomic mass is 9.89. The van der Waals surface area contributed by atoms with E-state index in [-0.39, 0.29) is 5.75 Å². The summed E-state index contributed by atoms with van der Waals surface area (Å²) in [6.07, 6.45) is 8.32. The van der Waals surface area contributed by atoms with Gasteiger partial charge in [-0.3, -0.25) is 0 Å². The molecule has 0 spiro atoms. The van der Waals surface area contributed by atoms with Crippen molar-refractivity contribution in [2.24, 2.45) is 0 Å². The first-order valence-corrected chi connectivity index (χ1v) is 7.17. The average Bonchev–Trinajstić information content (AvgIpc) is 2.37. The third-order valence-corrected chi connectivity index (χ3v) is 3.49. The van der Waals surface area contributed by atoms with Gasteiger partial charge in [-0.1, -0.05) is 52.0 Å². The Morgan fingerprint density at radius 2 is 1.83 bits per heavy atom. The van der Waals surface area contributed by atoms with Crippen LogP contribution in [-0.2, 0) is 0 Å². The monoisotopic (exact) mass is 252 g/mol. The Morgan fingerprint density at radius 1 is 1.06 bits per heavy atom. The summed E-state index contributed by atoms with van der Waals surface area (Å²) in [6, 6.07) is 4.83. The van der Waals surface area contributed by atoms with Gasteiger partial charge in [0.1, 0.15) is 0 Å². The number of phenols is 1. The van der Waals surface area contributed by atoms with Gasteiger partial charge in [-0.2, -0.15) is 0 Å². The molecule has 1 rings (SSSR count). The van der Waals surface area contributed by atoms with E-state index in [1.807, 2.05) is 6.07 Å². The van der Waals surface area contributed by atoms with Crippen LogP contribution < -0.4 is 0 Å². The van der Waals surface area contributed by atoms with E-state index in [2.05, 4.69) is 13.8 Å². The highest BCUT2D eigenvalue weighted by atomic mass is 19.1. The van der Waals surface area contributed by atoms with Gasteiger partial charge in [-0.05, 0) is 36.5 Å². The predicted octanol–water partition coefficient (Wildman–Crippen LogP) is 5.39. The first-order valence-electron chi connectivity index (χ1n) is 7.17. The van der Waals surface area contributed by atoms with E-state index in [0.29, 0.717) is 5.92 Å². The Hall–Kier alpha value is -1.05. The molecule has 1 nitrogen and oxygen atoms in total.